The highest BCUT2D eigenvalue weighted by Gasteiger charge is 2.17. The molecule has 0 unspecified atom stereocenters. The first kappa shape index (κ1) is 13.5. The summed E-state index contributed by atoms with van der Waals surface area (Å²) in [5, 5.41) is 9.78. The van der Waals surface area contributed by atoms with Crippen molar-refractivity contribution in [3.63, 3.8) is 0 Å². The second kappa shape index (κ2) is 5.69. The Kier molecular flexibility index (Phi) is 4.81. The van der Waals surface area contributed by atoms with Crippen LogP contribution in [-0.2, 0) is 0 Å². The van der Waals surface area contributed by atoms with E-state index < -0.39 is 6.10 Å². The minimum atomic E-state index is -0.418. The molecule has 1 aromatic carbocycles. The van der Waals surface area contributed by atoms with Crippen LogP contribution < -0.4 is 4.74 Å². The maximum atomic E-state index is 9.78. The molecule has 3 heteroatoms. The third-order valence-electron chi connectivity index (χ3n) is 2.09. The van der Waals surface area contributed by atoms with Crippen LogP contribution in [0, 0.1) is 5.41 Å². The van der Waals surface area contributed by atoms with Gasteiger partial charge in [-0.25, -0.2) is 0 Å². The first-order valence-corrected chi connectivity index (χ1v) is 6.22. The molecule has 16 heavy (non-hydrogen) atoms. The Labute approximate surface area is 106 Å². The normalized spacial score (nSPS) is 13.6. The highest BCUT2D eigenvalue weighted by Crippen LogP contribution is 2.22. The lowest BCUT2D eigenvalue weighted by Crippen LogP contribution is -2.23. The number of benzene rings is 1. The van der Waals surface area contributed by atoms with Gasteiger partial charge in [-0.2, -0.15) is 0 Å². The topological polar surface area (TPSA) is 29.5 Å². The molecular formula is C13H19BrO2. The fraction of sp³-hybridized carbons (Fsp3) is 0.538. The molecule has 0 aromatic heterocycles. The van der Waals surface area contributed by atoms with E-state index in [-0.39, 0.29) is 5.41 Å². The molecule has 0 amide bonds. The van der Waals surface area contributed by atoms with Crippen LogP contribution in [0.2, 0.25) is 0 Å². The molecule has 2 nitrogen and oxygen atoms in total. The zero-order valence-corrected chi connectivity index (χ0v) is 11.6. The minimum Gasteiger partial charge on any atom is -0.491 e. The van der Waals surface area contributed by atoms with Gasteiger partial charge in [-0.15, -0.1) is 0 Å². The van der Waals surface area contributed by atoms with Crippen LogP contribution in [0.1, 0.15) is 27.2 Å². The van der Waals surface area contributed by atoms with Crippen molar-refractivity contribution in [2.75, 3.05) is 6.61 Å². The molecule has 0 heterocycles. The van der Waals surface area contributed by atoms with Crippen molar-refractivity contribution in [2.45, 2.75) is 33.3 Å². The van der Waals surface area contributed by atoms with Crippen LogP contribution >= 0.6 is 15.9 Å². The summed E-state index contributed by atoms with van der Waals surface area (Å²) in [6, 6.07) is 7.63. The average molecular weight is 287 g/mol. The first-order chi connectivity index (χ1) is 7.37. The van der Waals surface area contributed by atoms with Gasteiger partial charge in [0, 0.05) is 4.47 Å². The fourth-order valence-electron chi connectivity index (χ4n) is 1.52. The monoisotopic (exact) mass is 286 g/mol. The Morgan fingerprint density at radius 1 is 1.38 bits per heavy atom. The molecule has 1 rings (SSSR count). The summed E-state index contributed by atoms with van der Waals surface area (Å²) in [6.45, 7) is 6.66. The summed E-state index contributed by atoms with van der Waals surface area (Å²) in [7, 11) is 0. The quantitative estimate of drug-likeness (QED) is 0.916. The van der Waals surface area contributed by atoms with Crippen molar-refractivity contribution in [2.24, 2.45) is 5.41 Å². The lowest BCUT2D eigenvalue weighted by atomic mass is 9.89. The maximum Gasteiger partial charge on any atom is 0.120 e. The number of ether oxygens (including phenoxy) is 1. The van der Waals surface area contributed by atoms with Gasteiger partial charge in [0.25, 0.3) is 0 Å². The lowest BCUT2D eigenvalue weighted by Gasteiger charge is -2.22. The molecule has 0 spiro atoms. The number of halogens is 1. The molecule has 0 fully saturated rings. The van der Waals surface area contributed by atoms with Crippen LogP contribution in [0.3, 0.4) is 0 Å². The SMILES string of the molecule is CC(C)(C)C[C@H](O)COc1cccc(Br)c1. The van der Waals surface area contributed by atoms with E-state index in [0.29, 0.717) is 6.61 Å². The minimum absolute atomic E-state index is 0.125. The molecule has 0 saturated heterocycles. The van der Waals surface area contributed by atoms with Crippen molar-refractivity contribution in [1.29, 1.82) is 0 Å². The number of aliphatic hydroxyl groups is 1. The van der Waals surface area contributed by atoms with Gasteiger partial charge in [0.15, 0.2) is 0 Å². The van der Waals surface area contributed by atoms with Crippen LogP contribution in [0.25, 0.3) is 0 Å². The lowest BCUT2D eigenvalue weighted by molar-refractivity contribution is 0.0710. The zero-order chi connectivity index (χ0) is 12.2. The van der Waals surface area contributed by atoms with Gasteiger partial charge in [0.2, 0.25) is 0 Å². The molecule has 1 atom stereocenters. The molecule has 0 aliphatic carbocycles. The number of hydrogen-bond donors (Lipinski definition) is 1. The molecular weight excluding hydrogens is 268 g/mol. The summed E-state index contributed by atoms with van der Waals surface area (Å²) < 4.78 is 6.50. The maximum absolute atomic E-state index is 9.78. The number of rotatable bonds is 4. The van der Waals surface area contributed by atoms with Crippen molar-refractivity contribution in [1.82, 2.24) is 0 Å². The van der Waals surface area contributed by atoms with Gasteiger partial charge in [0.05, 0.1) is 6.10 Å². The Morgan fingerprint density at radius 3 is 2.62 bits per heavy atom. The van der Waals surface area contributed by atoms with E-state index in [9.17, 15) is 5.11 Å². The van der Waals surface area contributed by atoms with Crippen molar-refractivity contribution >= 4 is 15.9 Å². The van der Waals surface area contributed by atoms with Crippen molar-refractivity contribution in [3.8, 4) is 5.75 Å². The second-order valence-electron chi connectivity index (χ2n) is 5.19. The standard InChI is InChI=1S/C13H19BrO2/c1-13(2,3)8-11(15)9-16-12-6-4-5-10(14)7-12/h4-7,11,15H,8-9H2,1-3H3/t11-/m0/s1. The summed E-state index contributed by atoms with van der Waals surface area (Å²) in [5.41, 5.74) is 0.125. The summed E-state index contributed by atoms with van der Waals surface area (Å²) in [5.74, 6) is 0.780. The summed E-state index contributed by atoms with van der Waals surface area (Å²) >= 11 is 3.38. The van der Waals surface area contributed by atoms with E-state index in [1.54, 1.807) is 0 Å². The zero-order valence-electron chi connectivity index (χ0n) is 10.0. The van der Waals surface area contributed by atoms with Crippen LogP contribution in [0.4, 0.5) is 0 Å². The molecule has 1 aromatic rings. The van der Waals surface area contributed by atoms with E-state index in [4.69, 9.17) is 4.74 Å². The van der Waals surface area contributed by atoms with Crippen LogP contribution in [0.15, 0.2) is 28.7 Å². The van der Waals surface area contributed by atoms with Gasteiger partial charge >= 0.3 is 0 Å². The Balaban J connectivity index is 2.40. The van der Waals surface area contributed by atoms with Crippen molar-refractivity contribution in [3.05, 3.63) is 28.7 Å². The van der Waals surface area contributed by atoms with Gasteiger partial charge in [0.1, 0.15) is 12.4 Å². The summed E-state index contributed by atoms with van der Waals surface area (Å²) in [6.07, 6.45) is 0.319. The fourth-order valence-corrected chi connectivity index (χ4v) is 1.89. The smallest absolute Gasteiger partial charge is 0.120 e. The first-order valence-electron chi connectivity index (χ1n) is 5.43. The third kappa shape index (κ3) is 5.52. The Morgan fingerprint density at radius 2 is 2.06 bits per heavy atom. The molecule has 0 saturated carbocycles. The van der Waals surface area contributed by atoms with E-state index in [0.717, 1.165) is 16.6 Å². The Bertz CT molecular complexity index is 331. The van der Waals surface area contributed by atoms with E-state index in [2.05, 4.69) is 36.7 Å². The molecule has 0 aliphatic heterocycles. The molecule has 0 bridgehead atoms. The van der Waals surface area contributed by atoms with Gasteiger partial charge in [-0.3, -0.25) is 0 Å². The van der Waals surface area contributed by atoms with E-state index >= 15 is 0 Å². The van der Waals surface area contributed by atoms with Gasteiger partial charge in [-0.1, -0.05) is 42.8 Å². The van der Waals surface area contributed by atoms with Crippen molar-refractivity contribution < 1.29 is 9.84 Å². The van der Waals surface area contributed by atoms with Crippen LogP contribution in [-0.4, -0.2) is 17.8 Å². The second-order valence-corrected chi connectivity index (χ2v) is 6.10. The van der Waals surface area contributed by atoms with Gasteiger partial charge < -0.3 is 9.84 Å². The molecule has 0 aliphatic rings. The molecule has 0 radical (unpaired) electrons. The average Bonchev–Trinajstić information content (AvgIpc) is 2.12. The molecule has 1 N–H and O–H groups in total. The highest BCUT2D eigenvalue weighted by atomic mass is 79.9. The highest BCUT2D eigenvalue weighted by molar-refractivity contribution is 9.10. The number of hydrogen-bond acceptors (Lipinski definition) is 2. The third-order valence-corrected chi connectivity index (χ3v) is 2.58. The predicted molar refractivity (Wildman–Crippen MR) is 69.7 cm³/mol. The predicted octanol–water partition coefficient (Wildman–Crippen LogP) is 3.63. The summed E-state index contributed by atoms with van der Waals surface area (Å²) in [4.78, 5) is 0. The van der Waals surface area contributed by atoms with E-state index in [1.165, 1.54) is 0 Å². The van der Waals surface area contributed by atoms with Gasteiger partial charge in [-0.05, 0) is 30.0 Å². The molecule has 90 valence electrons. The largest absolute Gasteiger partial charge is 0.491 e. The number of aliphatic hydroxyl groups excluding tert-OH is 1. The Hall–Kier alpha value is -0.540. The van der Waals surface area contributed by atoms with E-state index in [1.807, 2.05) is 24.3 Å². The van der Waals surface area contributed by atoms with Crippen LogP contribution in [0.5, 0.6) is 5.75 Å².